The molecule has 1 amide bonds. The Balaban J connectivity index is 2.16. The van der Waals surface area contributed by atoms with E-state index in [1.165, 1.54) is 0 Å². The predicted octanol–water partition coefficient (Wildman–Crippen LogP) is 2.63. The summed E-state index contributed by atoms with van der Waals surface area (Å²) < 4.78 is 0. The van der Waals surface area contributed by atoms with Crippen LogP contribution < -0.4 is 0 Å². The number of aliphatic hydroxyl groups is 1. The zero-order chi connectivity index (χ0) is 18.1. The second-order valence-corrected chi connectivity index (χ2v) is 7.70. The van der Waals surface area contributed by atoms with Crippen LogP contribution in [0.5, 0.6) is 0 Å². The van der Waals surface area contributed by atoms with Crippen molar-refractivity contribution in [2.45, 2.75) is 60.3 Å². The third-order valence-electron chi connectivity index (χ3n) is 5.77. The van der Waals surface area contributed by atoms with E-state index in [-0.39, 0.29) is 17.9 Å². The lowest BCUT2D eigenvalue weighted by molar-refractivity contribution is -0.130. The molecule has 1 aromatic heterocycles. The maximum absolute atomic E-state index is 12.7. The predicted molar refractivity (Wildman–Crippen MR) is 94.9 cm³/mol. The van der Waals surface area contributed by atoms with Crippen molar-refractivity contribution in [3.8, 4) is 0 Å². The average Bonchev–Trinajstić information content (AvgIpc) is 2.85. The van der Waals surface area contributed by atoms with Crippen molar-refractivity contribution < 1.29 is 9.90 Å². The van der Waals surface area contributed by atoms with Crippen molar-refractivity contribution in [3.63, 3.8) is 0 Å². The topological polar surface area (TPSA) is 66.3 Å². The van der Waals surface area contributed by atoms with Gasteiger partial charge in [0.25, 0.3) is 0 Å². The molecule has 2 rings (SSSR count). The minimum Gasteiger partial charge on any atom is -0.396 e. The summed E-state index contributed by atoms with van der Waals surface area (Å²) in [4.78, 5) is 23.9. The van der Waals surface area contributed by atoms with E-state index in [9.17, 15) is 9.90 Å². The van der Waals surface area contributed by atoms with Gasteiger partial charge in [0.1, 0.15) is 5.82 Å². The van der Waals surface area contributed by atoms with Gasteiger partial charge in [-0.25, -0.2) is 9.97 Å². The standard InChI is InChI=1S/C19H31N3O2/c1-7-12(2)18-20-14(4)16(15(5)21-18)8-17(24)22-9-13(3)19(6,10-22)11-23/h12-13,23H,7-11H2,1-6H3. The summed E-state index contributed by atoms with van der Waals surface area (Å²) in [6, 6.07) is 0. The minimum atomic E-state index is -0.198. The van der Waals surface area contributed by atoms with Crippen molar-refractivity contribution in [1.82, 2.24) is 14.9 Å². The lowest BCUT2D eigenvalue weighted by Gasteiger charge is -2.25. The average molecular weight is 333 g/mol. The first-order valence-corrected chi connectivity index (χ1v) is 8.94. The quantitative estimate of drug-likeness (QED) is 0.899. The van der Waals surface area contributed by atoms with Gasteiger partial charge in [0.05, 0.1) is 13.0 Å². The van der Waals surface area contributed by atoms with Crippen LogP contribution in [0.3, 0.4) is 0 Å². The van der Waals surface area contributed by atoms with Gasteiger partial charge in [0, 0.05) is 41.4 Å². The van der Waals surface area contributed by atoms with Gasteiger partial charge >= 0.3 is 0 Å². The van der Waals surface area contributed by atoms with Gasteiger partial charge in [-0.1, -0.05) is 27.7 Å². The number of nitrogens with zero attached hydrogens (tertiary/aromatic N) is 3. The highest BCUT2D eigenvalue weighted by molar-refractivity contribution is 5.79. The zero-order valence-corrected chi connectivity index (χ0v) is 15.9. The number of carbonyl (C=O) groups excluding carboxylic acids is 1. The maximum Gasteiger partial charge on any atom is 0.227 e. The lowest BCUT2D eigenvalue weighted by atomic mass is 9.82. The molecule has 0 spiro atoms. The van der Waals surface area contributed by atoms with E-state index in [0.29, 0.717) is 31.3 Å². The van der Waals surface area contributed by atoms with Crippen molar-refractivity contribution in [3.05, 3.63) is 22.8 Å². The van der Waals surface area contributed by atoms with Crippen LogP contribution >= 0.6 is 0 Å². The van der Waals surface area contributed by atoms with Gasteiger partial charge in [-0.15, -0.1) is 0 Å². The van der Waals surface area contributed by atoms with E-state index in [1.807, 2.05) is 25.7 Å². The second-order valence-electron chi connectivity index (χ2n) is 7.70. The normalized spacial score (nSPS) is 25.1. The summed E-state index contributed by atoms with van der Waals surface area (Å²) in [6.45, 7) is 13.8. The Morgan fingerprint density at radius 2 is 1.96 bits per heavy atom. The van der Waals surface area contributed by atoms with Gasteiger partial charge in [0.2, 0.25) is 5.91 Å². The number of aliphatic hydroxyl groups excluding tert-OH is 1. The first kappa shape index (κ1) is 18.8. The molecule has 1 aromatic rings. The van der Waals surface area contributed by atoms with Crippen molar-refractivity contribution in [2.24, 2.45) is 11.3 Å². The van der Waals surface area contributed by atoms with Crippen LogP contribution in [-0.2, 0) is 11.2 Å². The summed E-state index contributed by atoms with van der Waals surface area (Å²) in [5.41, 5.74) is 2.56. The van der Waals surface area contributed by atoms with Crippen LogP contribution in [0.15, 0.2) is 0 Å². The number of amides is 1. The van der Waals surface area contributed by atoms with Crippen LogP contribution in [0.25, 0.3) is 0 Å². The van der Waals surface area contributed by atoms with Crippen molar-refractivity contribution in [2.75, 3.05) is 19.7 Å². The van der Waals surface area contributed by atoms with Crippen LogP contribution in [0.4, 0.5) is 0 Å². The number of carbonyl (C=O) groups is 1. The van der Waals surface area contributed by atoms with Crippen LogP contribution in [0, 0.1) is 25.2 Å². The van der Waals surface area contributed by atoms with E-state index in [0.717, 1.165) is 29.2 Å². The van der Waals surface area contributed by atoms with Crippen molar-refractivity contribution >= 4 is 5.91 Å². The molecule has 2 heterocycles. The van der Waals surface area contributed by atoms with Gasteiger partial charge in [-0.2, -0.15) is 0 Å². The molecular formula is C19H31N3O2. The van der Waals surface area contributed by atoms with E-state index in [2.05, 4.69) is 30.7 Å². The molecule has 0 bridgehead atoms. The summed E-state index contributed by atoms with van der Waals surface area (Å²) in [7, 11) is 0. The van der Waals surface area contributed by atoms with E-state index < -0.39 is 0 Å². The number of aryl methyl sites for hydroxylation is 2. The second kappa shape index (κ2) is 7.18. The van der Waals surface area contributed by atoms with Crippen LogP contribution in [0.2, 0.25) is 0 Å². The summed E-state index contributed by atoms with van der Waals surface area (Å²) in [6.07, 6.45) is 1.34. The summed E-state index contributed by atoms with van der Waals surface area (Å²) in [5, 5.41) is 9.62. The molecule has 3 unspecified atom stereocenters. The minimum absolute atomic E-state index is 0.102. The SMILES string of the molecule is CCC(C)c1nc(C)c(CC(=O)N2CC(C)C(C)(CO)C2)c(C)n1. The number of aromatic nitrogens is 2. The monoisotopic (exact) mass is 333 g/mol. The molecule has 0 aliphatic carbocycles. The number of hydrogen-bond donors (Lipinski definition) is 1. The van der Waals surface area contributed by atoms with Crippen LogP contribution in [-0.4, -0.2) is 45.6 Å². The molecule has 5 heteroatoms. The van der Waals surface area contributed by atoms with E-state index in [1.54, 1.807) is 0 Å². The molecule has 0 aromatic carbocycles. The maximum atomic E-state index is 12.7. The molecule has 1 saturated heterocycles. The molecule has 134 valence electrons. The Kier molecular flexibility index (Phi) is 5.63. The third-order valence-corrected chi connectivity index (χ3v) is 5.77. The van der Waals surface area contributed by atoms with Gasteiger partial charge < -0.3 is 10.0 Å². The molecule has 5 nitrogen and oxygen atoms in total. The van der Waals surface area contributed by atoms with E-state index in [4.69, 9.17) is 0 Å². The highest BCUT2D eigenvalue weighted by atomic mass is 16.3. The summed E-state index contributed by atoms with van der Waals surface area (Å²) in [5.74, 6) is 1.60. The molecule has 24 heavy (non-hydrogen) atoms. The smallest absolute Gasteiger partial charge is 0.227 e. The first-order valence-electron chi connectivity index (χ1n) is 8.94. The summed E-state index contributed by atoms with van der Waals surface area (Å²) >= 11 is 0. The van der Waals surface area contributed by atoms with Crippen molar-refractivity contribution in [1.29, 1.82) is 0 Å². The van der Waals surface area contributed by atoms with Gasteiger partial charge in [-0.05, 0) is 26.2 Å². The molecular weight excluding hydrogens is 302 g/mol. The molecule has 3 atom stereocenters. The Morgan fingerprint density at radius 1 is 1.38 bits per heavy atom. The Labute approximate surface area is 145 Å². The fourth-order valence-corrected chi connectivity index (χ4v) is 3.29. The van der Waals surface area contributed by atoms with E-state index >= 15 is 0 Å². The third kappa shape index (κ3) is 3.61. The van der Waals surface area contributed by atoms with Crippen LogP contribution in [0.1, 0.15) is 62.8 Å². The Hall–Kier alpha value is -1.49. The lowest BCUT2D eigenvalue weighted by Crippen LogP contribution is -2.34. The fourth-order valence-electron chi connectivity index (χ4n) is 3.29. The Morgan fingerprint density at radius 3 is 2.42 bits per heavy atom. The van der Waals surface area contributed by atoms with Gasteiger partial charge in [0.15, 0.2) is 0 Å². The van der Waals surface area contributed by atoms with Gasteiger partial charge in [-0.3, -0.25) is 4.79 Å². The number of rotatable bonds is 5. The molecule has 1 aliphatic heterocycles. The Bertz CT molecular complexity index is 594. The molecule has 1 aliphatic rings. The highest BCUT2D eigenvalue weighted by Gasteiger charge is 2.41. The first-order chi connectivity index (χ1) is 11.2. The molecule has 1 fully saturated rings. The molecule has 0 radical (unpaired) electrons. The highest BCUT2D eigenvalue weighted by Crippen LogP contribution is 2.35. The largest absolute Gasteiger partial charge is 0.396 e. The molecule has 1 N–H and O–H groups in total. The fraction of sp³-hybridized carbons (Fsp3) is 0.737. The molecule has 0 saturated carbocycles. The number of hydrogen-bond acceptors (Lipinski definition) is 4. The number of likely N-dealkylation sites (tertiary alicyclic amines) is 1. The zero-order valence-electron chi connectivity index (χ0n) is 15.9.